The molecule has 1 aromatic rings. The van der Waals surface area contributed by atoms with Gasteiger partial charge < -0.3 is 15.5 Å². The van der Waals surface area contributed by atoms with Crippen LogP contribution in [0.25, 0.3) is 0 Å². The standard InChI is InChI=1S/C16H25N3O2/c1-4-5-6-10-17-15(20)12-13-8-7-9-14(11-13)18-16(21)19(2)3/h7-9,11H,4-6,10,12H2,1-3H3,(H,17,20)(H,18,21). The van der Waals surface area contributed by atoms with Crippen LogP contribution in [0.2, 0.25) is 0 Å². The number of rotatable bonds is 7. The van der Waals surface area contributed by atoms with E-state index in [9.17, 15) is 9.59 Å². The monoisotopic (exact) mass is 291 g/mol. The van der Waals surface area contributed by atoms with E-state index in [1.807, 2.05) is 24.3 Å². The van der Waals surface area contributed by atoms with Gasteiger partial charge >= 0.3 is 6.03 Å². The van der Waals surface area contributed by atoms with Crippen LogP contribution in [0.3, 0.4) is 0 Å². The first kappa shape index (κ1) is 17.0. The van der Waals surface area contributed by atoms with E-state index in [0.717, 1.165) is 31.4 Å². The zero-order chi connectivity index (χ0) is 15.7. The van der Waals surface area contributed by atoms with Crippen molar-refractivity contribution in [2.45, 2.75) is 32.6 Å². The van der Waals surface area contributed by atoms with E-state index in [-0.39, 0.29) is 11.9 Å². The fourth-order valence-corrected chi connectivity index (χ4v) is 1.85. The highest BCUT2D eigenvalue weighted by Crippen LogP contribution is 2.11. The van der Waals surface area contributed by atoms with Crippen molar-refractivity contribution >= 4 is 17.6 Å². The largest absolute Gasteiger partial charge is 0.356 e. The highest BCUT2D eigenvalue weighted by molar-refractivity contribution is 5.89. The zero-order valence-corrected chi connectivity index (χ0v) is 13.1. The van der Waals surface area contributed by atoms with Gasteiger partial charge in [-0.15, -0.1) is 0 Å². The Morgan fingerprint density at radius 1 is 1.19 bits per heavy atom. The van der Waals surface area contributed by atoms with Gasteiger partial charge in [0, 0.05) is 26.3 Å². The molecule has 1 rings (SSSR count). The van der Waals surface area contributed by atoms with E-state index in [2.05, 4.69) is 17.6 Å². The molecular formula is C16H25N3O2. The molecular weight excluding hydrogens is 266 g/mol. The van der Waals surface area contributed by atoms with Gasteiger partial charge in [-0.25, -0.2) is 4.79 Å². The molecule has 0 heterocycles. The number of carbonyl (C=O) groups excluding carboxylic acids is 2. The average Bonchev–Trinajstić information content (AvgIpc) is 2.44. The van der Waals surface area contributed by atoms with Crippen molar-refractivity contribution in [1.29, 1.82) is 0 Å². The molecule has 0 aliphatic heterocycles. The lowest BCUT2D eigenvalue weighted by atomic mass is 10.1. The van der Waals surface area contributed by atoms with E-state index in [4.69, 9.17) is 0 Å². The molecule has 1 aromatic carbocycles. The van der Waals surface area contributed by atoms with Gasteiger partial charge in [0.05, 0.1) is 6.42 Å². The predicted molar refractivity (Wildman–Crippen MR) is 85.4 cm³/mol. The van der Waals surface area contributed by atoms with E-state index in [0.29, 0.717) is 12.1 Å². The van der Waals surface area contributed by atoms with E-state index in [1.165, 1.54) is 4.90 Å². The Hall–Kier alpha value is -2.04. The lowest BCUT2D eigenvalue weighted by Gasteiger charge is -2.12. The Bertz CT molecular complexity index is 472. The Kier molecular flexibility index (Phi) is 7.29. The van der Waals surface area contributed by atoms with Crippen LogP contribution < -0.4 is 10.6 Å². The number of nitrogens with one attached hydrogen (secondary N) is 2. The van der Waals surface area contributed by atoms with Crippen LogP contribution in [-0.2, 0) is 11.2 Å². The molecule has 0 bridgehead atoms. The minimum atomic E-state index is -0.184. The number of unbranched alkanes of at least 4 members (excludes halogenated alkanes) is 2. The molecule has 0 aromatic heterocycles. The summed E-state index contributed by atoms with van der Waals surface area (Å²) in [7, 11) is 3.37. The summed E-state index contributed by atoms with van der Waals surface area (Å²) in [5.74, 6) is 0.0159. The maximum atomic E-state index is 11.8. The molecule has 0 unspecified atom stereocenters. The minimum absolute atomic E-state index is 0.0159. The third kappa shape index (κ3) is 6.79. The summed E-state index contributed by atoms with van der Waals surface area (Å²) in [4.78, 5) is 24.9. The highest BCUT2D eigenvalue weighted by Gasteiger charge is 2.06. The number of urea groups is 1. The number of benzene rings is 1. The predicted octanol–water partition coefficient (Wildman–Crippen LogP) is 2.63. The minimum Gasteiger partial charge on any atom is -0.356 e. The van der Waals surface area contributed by atoms with Crippen LogP contribution in [0.1, 0.15) is 31.7 Å². The van der Waals surface area contributed by atoms with E-state index in [1.54, 1.807) is 14.1 Å². The van der Waals surface area contributed by atoms with Gasteiger partial charge in [-0.1, -0.05) is 31.9 Å². The Labute approximate surface area is 126 Å². The maximum Gasteiger partial charge on any atom is 0.321 e. The van der Waals surface area contributed by atoms with Crippen molar-refractivity contribution in [1.82, 2.24) is 10.2 Å². The number of hydrogen-bond acceptors (Lipinski definition) is 2. The van der Waals surface area contributed by atoms with Crippen molar-refractivity contribution in [2.24, 2.45) is 0 Å². The fourth-order valence-electron chi connectivity index (χ4n) is 1.85. The summed E-state index contributed by atoms with van der Waals surface area (Å²) >= 11 is 0. The second-order valence-corrected chi connectivity index (χ2v) is 5.26. The molecule has 0 atom stereocenters. The van der Waals surface area contributed by atoms with Gasteiger partial charge in [0.15, 0.2) is 0 Å². The van der Waals surface area contributed by atoms with Gasteiger partial charge in [-0.05, 0) is 24.1 Å². The number of nitrogens with zero attached hydrogens (tertiary/aromatic N) is 1. The summed E-state index contributed by atoms with van der Waals surface area (Å²) in [5, 5.41) is 5.68. The summed E-state index contributed by atoms with van der Waals surface area (Å²) in [6.07, 6.45) is 3.62. The molecule has 0 radical (unpaired) electrons. The SMILES string of the molecule is CCCCCNC(=O)Cc1cccc(NC(=O)N(C)C)c1. The molecule has 116 valence electrons. The molecule has 0 aliphatic rings. The Morgan fingerprint density at radius 2 is 1.95 bits per heavy atom. The number of hydrogen-bond donors (Lipinski definition) is 2. The lowest BCUT2D eigenvalue weighted by Crippen LogP contribution is -2.27. The third-order valence-electron chi connectivity index (χ3n) is 3.05. The van der Waals surface area contributed by atoms with Crippen molar-refractivity contribution < 1.29 is 9.59 Å². The first-order chi connectivity index (χ1) is 10.0. The lowest BCUT2D eigenvalue weighted by molar-refractivity contribution is -0.120. The fraction of sp³-hybridized carbons (Fsp3) is 0.500. The second kappa shape index (κ2) is 9.00. The summed E-state index contributed by atoms with van der Waals surface area (Å²) in [6, 6.07) is 7.18. The zero-order valence-electron chi connectivity index (χ0n) is 13.1. The number of anilines is 1. The van der Waals surface area contributed by atoms with Crippen LogP contribution in [-0.4, -0.2) is 37.5 Å². The van der Waals surface area contributed by atoms with Crippen LogP contribution in [0.4, 0.5) is 10.5 Å². The van der Waals surface area contributed by atoms with Crippen LogP contribution >= 0.6 is 0 Å². The van der Waals surface area contributed by atoms with E-state index < -0.39 is 0 Å². The molecule has 3 amide bonds. The van der Waals surface area contributed by atoms with Crippen molar-refractivity contribution in [3.63, 3.8) is 0 Å². The van der Waals surface area contributed by atoms with Gasteiger partial charge in [0.2, 0.25) is 5.91 Å². The van der Waals surface area contributed by atoms with Gasteiger partial charge in [-0.3, -0.25) is 4.79 Å². The third-order valence-corrected chi connectivity index (χ3v) is 3.05. The molecule has 0 spiro atoms. The van der Waals surface area contributed by atoms with Crippen molar-refractivity contribution in [3.8, 4) is 0 Å². The molecule has 0 saturated heterocycles. The van der Waals surface area contributed by atoms with Crippen LogP contribution in [0, 0.1) is 0 Å². The summed E-state index contributed by atoms with van der Waals surface area (Å²) < 4.78 is 0. The highest BCUT2D eigenvalue weighted by atomic mass is 16.2. The average molecular weight is 291 g/mol. The Balaban J connectivity index is 2.48. The normalized spacial score (nSPS) is 10.0. The van der Waals surface area contributed by atoms with Crippen LogP contribution in [0.5, 0.6) is 0 Å². The molecule has 0 fully saturated rings. The topological polar surface area (TPSA) is 61.4 Å². The smallest absolute Gasteiger partial charge is 0.321 e. The van der Waals surface area contributed by atoms with E-state index >= 15 is 0 Å². The van der Waals surface area contributed by atoms with Gasteiger partial charge in [-0.2, -0.15) is 0 Å². The van der Waals surface area contributed by atoms with Crippen LogP contribution in [0.15, 0.2) is 24.3 Å². The van der Waals surface area contributed by atoms with Gasteiger partial charge in [0.1, 0.15) is 0 Å². The molecule has 5 nitrogen and oxygen atoms in total. The molecule has 0 saturated carbocycles. The van der Waals surface area contributed by atoms with Gasteiger partial charge in [0.25, 0.3) is 0 Å². The quantitative estimate of drug-likeness (QED) is 0.759. The Morgan fingerprint density at radius 3 is 2.62 bits per heavy atom. The van der Waals surface area contributed by atoms with Crippen molar-refractivity contribution in [3.05, 3.63) is 29.8 Å². The number of amides is 3. The van der Waals surface area contributed by atoms with Crippen molar-refractivity contribution in [2.75, 3.05) is 26.0 Å². The summed E-state index contributed by atoms with van der Waals surface area (Å²) in [6.45, 7) is 2.86. The summed E-state index contributed by atoms with van der Waals surface area (Å²) in [5.41, 5.74) is 1.59. The number of carbonyl (C=O) groups is 2. The molecule has 2 N–H and O–H groups in total. The first-order valence-corrected chi connectivity index (χ1v) is 7.37. The molecule has 21 heavy (non-hydrogen) atoms. The second-order valence-electron chi connectivity index (χ2n) is 5.26. The first-order valence-electron chi connectivity index (χ1n) is 7.37. The molecule has 0 aliphatic carbocycles. The molecule has 5 heteroatoms. The maximum absolute atomic E-state index is 11.8.